The minimum Gasteiger partial charge on any atom is -0.462 e. The Bertz CT molecular complexity index is 494. The van der Waals surface area contributed by atoms with Gasteiger partial charge in [-0.1, -0.05) is 13.8 Å². The topological polar surface area (TPSA) is 54.0 Å². The lowest BCUT2D eigenvalue weighted by atomic mass is 9.46. The normalized spacial score (nSPS) is 52.3. The molecule has 23 heavy (non-hydrogen) atoms. The highest BCUT2D eigenvalue weighted by Crippen LogP contribution is 2.63. The fraction of sp³-hybridized carbons (Fsp3) is 0.944. The largest absolute Gasteiger partial charge is 0.462 e. The molecule has 2 aliphatic carbocycles. The van der Waals surface area contributed by atoms with Gasteiger partial charge in [0.25, 0.3) is 0 Å². The van der Waals surface area contributed by atoms with E-state index in [1.807, 2.05) is 0 Å². The van der Waals surface area contributed by atoms with Gasteiger partial charge in [-0.25, -0.2) is 0 Å². The second-order valence-corrected chi connectivity index (χ2v) is 8.34. The van der Waals surface area contributed by atoms with Crippen molar-refractivity contribution in [2.24, 2.45) is 22.7 Å². The molecule has 0 N–H and O–H groups in total. The SMILES string of the molecule is COC[C@@H]1OC[C@]2(C)C3CC[C@H]4OC(=O)C[C@H]4[C@]3(C)CC[C@H]2O1. The van der Waals surface area contributed by atoms with E-state index >= 15 is 0 Å². The zero-order valence-corrected chi connectivity index (χ0v) is 14.4. The summed E-state index contributed by atoms with van der Waals surface area (Å²) in [7, 11) is 1.68. The lowest BCUT2D eigenvalue weighted by molar-refractivity contribution is -0.314. The number of esters is 1. The summed E-state index contributed by atoms with van der Waals surface area (Å²) in [5.74, 6) is 0.877. The van der Waals surface area contributed by atoms with Crippen LogP contribution in [0, 0.1) is 22.7 Å². The third-order valence-corrected chi connectivity index (χ3v) is 7.18. The molecule has 2 saturated heterocycles. The van der Waals surface area contributed by atoms with Gasteiger partial charge in [-0.15, -0.1) is 0 Å². The van der Waals surface area contributed by atoms with Crippen LogP contribution in [0.2, 0.25) is 0 Å². The number of ether oxygens (including phenoxy) is 4. The molecular weight excluding hydrogens is 296 g/mol. The van der Waals surface area contributed by atoms with Crippen molar-refractivity contribution in [2.45, 2.75) is 64.4 Å². The Kier molecular flexibility index (Phi) is 3.74. The van der Waals surface area contributed by atoms with E-state index < -0.39 is 0 Å². The number of rotatable bonds is 2. The van der Waals surface area contributed by atoms with Gasteiger partial charge in [-0.2, -0.15) is 0 Å². The maximum Gasteiger partial charge on any atom is 0.306 e. The minimum absolute atomic E-state index is 0.00884. The molecule has 7 atom stereocenters. The Morgan fingerprint density at radius 2 is 2.04 bits per heavy atom. The number of fused-ring (bicyclic) bond motifs is 5. The van der Waals surface area contributed by atoms with Gasteiger partial charge in [0.15, 0.2) is 6.29 Å². The molecule has 1 unspecified atom stereocenters. The zero-order chi connectivity index (χ0) is 16.2. The van der Waals surface area contributed by atoms with Gasteiger partial charge in [0, 0.05) is 18.4 Å². The average molecular weight is 324 g/mol. The lowest BCUT2D eigenvalue weighted by Crippen LogP contribution is -2.62. The molecular formula is C18H28O5. The zero-order valence-electron chi connectivity index (χ0n) is 14.4. The standard InChI is InChI=1S/C18H28O5/c1-17-7-6-14-18(2,10-21-16(23-14)9-20-3)13(17)5-4-12-11(17)8-15(19)22-12/h11-14,16H,4-10H2,1-3H3/t11-,12-,13?,14-,16-,17+,18-/m1/s1. The van der Waals surface area contributed by atoms with Crippen molar-refractivity contribution >= 4 is 5.97 Å². The maximum atomic E-state index is 11.8. The van der Waals surface area contributed by atoms with Crippen LogP contribution in [0.15, 0.2) is 0 Å². The third-order valence-electron chi connectivity index (χ3n) is 7.18. The smallest absolute Gasteiger partial charge is 0.306 e. The van der Waals surface area contributed by atoms with Crippen LogP contribution in [0.1, 0.15) is 46.0 Å². The molecule has 0 amide bonds. The van der Waals surface area contributed by atoms with Gasteiger partial charge in [0.2, 0.25) is 0 Å². The first-order valence-corrected chi connectivity index (χ1v) is 8.93. The molecule has 2 heterocycles. The summed E-state index contributed by atoms with van der Waals surface area (Å²) in [6, 6.07) is 0. The van der Waals surface area contributed by atoms with Crippen molar-refractivity contribution < 1.29 is 23.7 Å². The number of hydrogen-bond donors (Lipinski definition) is 0. The number of carbonyl (C=O) groups is 1. The van der Waals surface area contributed by atoms with Gasteiger partial charge >= 0.3 is 5.97 Å². The minimum atomic E-state index is -0.241. The second-order valence-electron chi connectivity index (χ2n) is 8.34. The molecule has 0 aromatic heterocycles. The molecule has 130 valence electrons. The molecule has 0 bridgehead atoms. The summed E-state index contributed by atoms with van der Waals surface area (Å²) in [5.41, 5.74) is 0.176. The second kappa shape index (κ2) is 5.43. The van der Waals surface area contributed by atoms with E-state index in [2.05, 4.69) is 13.8 Å². The predicted molar refractivity (Wildman–Crippen MR) is 82.6 cm³/mol. The summed E-state index contributed by atoms with van der Waals surface area (Å²) in [6.07, 6.45) is 4.93. The summed E-state index contributed by atoms with van der Waals surface area (Å²) >= 11 is 0. The van der Waals surface area contributed by atoms with Crippen LogP contribution in [0.25, 0.3) is 0 Å². The van der Waals surface area contributed by atoms with Gasteiger partial charge in [0.05, 0.1) is 25.7 Å². The van der Waals surface area contributed by atoms with Crippen molar-refractivity contribution in [1.29, 1.82) is 0 Å². The Morgan fingerprint density at radius 3 is 2.83 bits per heavy atom. The molecule has 0 spiro atoms. The van der Waals surface area contributed by atoms with Crippen molar-refractivity contribution in [3.8, 4) is 0 Å². The fourth-order valence-electron chi connectivity index (χ4n) is 6.02. The molecule has 0 aromatic carbocycles. The third kappa shape index (κ3) is 2.27. The molecule has 0 radical (unpaired) electrons. The van der Waals surface area contributed by atoms with Crippen LogP contribution in [0.3, 0.4) is 0 Å². The van der Waals surface area contributed by atoms with E-state index in [-0.39, 0.29) is 35.3 Å². The van der Waals surface area contributed by atoms with E-state index in [4.69, 9.17) is 18.9 Å². The van der Waals surface area contributed by atoms with E-state index in [1.165, 1.54) is 0 Å². The molecule has 0 aromatic rings. The van der Waals surface area contributed by atoms with Crippen molar-refractivity contribution in [1.82, 2.24) is 0 Å². The average Bonchev–Trinajstić information content (AvgIpc) is 2.90. The van der Waals surface area contributed by atoms with Gasteiger partial charge in [-0.3, -0.25) is 4.79 Å². The van der Waals surface area contributed by atoms with Crippen molar-refractivity contribution in [2.75, 3.05) is 20.3 Å². The maximum absolute atomic E-state index is 11.8. The summed E-state index contributed by atoms with van der Waals surface area (Å²) in [4.78, 5) is 11.8. The molecule has 5 heteroatoms. The van der Waals surface area contributed by atoms with Crippen LogP contribution >= 0.6 is 0 Å². The van der Waals surface area contributed by atoms with Crippen molar-refractivity contribution in [3.63, 3.8) is 0 Å². The monoisotopic (exact) mass is 324 g/mol. The molecule has 2 saturated carbocycles. The quantitative estimate of drug-likeness (QED) is 0.731. The summed E-state index contributed by atoms with van der Waals surface area (Å²) in [6.45, 7) is 5.90. The summed E-state index contributed by atoms with van der Waals surface area (Å²) in [5, 5.41) is 0. The predicted octanol–water partition coefficient (Wildman–Crippen LogP) is 2.52. The van der Waals surface area contributed by atoms with Crippen LogP contribution in [0.5, 0.6) is 0 Å². The van der Waals surface area contributed by atoms with Gasteiger partial charge in [0.1, 0.15) is 6.10 Å². The van der Waals surface area contributed by atoms with E-state index in [0.29, 0.717) is 24.9 Å². The lowest BCUT2D eigenvalue weighted by Gasteiger charge is -2.62. The highest BCUT2D eigenvalue weighted by molar-refractivity contribution is 5.72. The first-order valence-electron chi connectivity index (χ1n) is 8.93. The van der Waals surface area contributed by atoms with Crippen LogP contribution < -0.4 is 0 Å². The highest BCUT2D eigenvalue weighted by atomic mass is 16.7. The van der Waals surface area contributed by atoms with Crippen LogP contribution in [-0.2, 0) is 23.7 Å². The highest BCUT2D eigenvalue weighted by Gasteiger charge is 2.63. The van der Waals surface area contributed by atoms with Crippen LogP contribution in [-0.4, -0.2) is 44.8 Å². The first kappa shape index (κ1) is 15.9. The summed E-state index contributed by atoms with van der Waals surface area (Å²) < 4.78 is 23.0. The Labute approximate surface area is 138 Å². The van der Waals surface area contributed by atoms with Gasteiger partial charge < -0.3 is 18.9 Å². The number of hydrogen-bond acceptors (Lipinski definition) is 5. The number of methoxy groups -OCH3 is 1. The van der Waals surface area contributed by atoms with E-state index in [0.717, 1.165) is 32.3 Å². The molecule has 2 aliphatic heterocycles. The molecule has 4 fully saturated rings. The molecule has 4 rings (SSSR count). The van der Waals surface area contributed by atoms with E-state index in [1.54, 1.807) is 7.11 Å². The van der Waals surface area contributed by atoms with Crippen molar-refractivity contribution in [3.05, 3.63) is 0 Å². The van der Waals surface area contributed by atoms with E-state index in [9.17, 15) is 4.79 Å². The Hall–Kier alpha value is -0.650. The fourth-order valence-corrected chi connectivity index (χ4v) is 6.02. The Morgan fingerprint density at radius 1 is 1.22 bits per heavy atom. The van der Waals surface area contributed by atoms with Crippen LogP contribution in [0.4, 0.5) is 0 Å². The number of carbonyl (C=O) groups excluding carboxylic acids is 1. The Balaban J connectivity index is 1.59. The van der Waals surface area contributed by atoms with Gasteiger partial charge in [-0.05, 0) is 37.0 Å². The molecule has 4 aliphatic rings. The molecule has 5 nitrogen and oxygen atoms in total. The first-order chi connectivity index (χ1) is 11.0.